The first-order chi connectivity index (χ1) is 17.2. The van der Waals surface area contributed by atoms with E-state index in [1.807, 2.05) is 55.5 Å². The SMILES string of the molecule is CCOc1ccccc1-c1ccc(-c2nc3ccc(F)cc3c(CC(C)(N)CC(=O)O)c2C#N)cc1. The van der Waals surface area contributed by atoms with Crippen LogP contribution in [0.2, 0.25) is 0 Å². The van der Waals surface area contributed by atoms with Crippen molar-refractivity contribution in [2.24, 2.45) is 5.73 Å². The number of pyridine rings is 1. The van der Waals surface area contributed by atoms with Crippen molar-refractivity contribution in [2.75, 3.05) is 6.61 Å². The molecule has 182 valence electrons. The van der Waals surface area contributed by atoms with Crippen LogP contribution in [0, 0.1) is 17.1 Å². The molecule has 0 amide bonds. The third-order valence-electron chi connectivity index (χ3n) is 5.96. The standard InChI is InChI=1S/C29H26FN3O3/c1-3-36-26-7-5-4-6-21(26)18-8-10-19(11-9-18)28-24(17-31)23(15-29(2,32)16-27(34)35)22-14-20(30)12-13-25(22)33-28/h4-14H,3,15-16,32H2,1-2H3,(H,34,35). The number of rotatable bonds is 8. The molecule has 0 saturated carbocycles. The van der Waals surface area contributed by atoms with Crippen molar-refractivity contribution < 1.29 is 19.0 Å². The van der Waals surface area contributed by atoms with Crippen molar-refractivity contribution in [2.45, 2.75) is 32.2 Å². The number of hydrogen-bond acceptors (Lipinski definition) is 5. The summed E-state index contributed by atoms with van der Waals surface area (Å²) in [5.41, 5.74) is 9.40. The Morgan fingerprint density at radius 1 is 1.14 bits per heavy atom. The quantitative estimate of drug-likeness (QED) is 0.332. The summed E-state index contributed by atoms with van der Waals surface area (Å²) in [6.45, 7) is 4.09. The Hall–Kier alpha value is -4.28. The summed E-state index contributed by atoms with van der Waals surface area (Å²) in [5, 5.41) is 19.9. The first-order valence-electron chi connectivity index (χ1n) is 11.6. The van der Waals surface area contributed by atoms with Gasteiger partial charge >= 0.3 is 5.97 Å². The van der Waals surface area contributed by atoms with Crippen LogP contribution in [0.25, 0.3) is 33.3 Å². The van der Waals surface area contributed by atoms with Crippen LogP contribution in [0.15, 0.2) is 66.7 Å². The minimum Gasteiger partial charge on any atom is -0.493 e. The molecule has 1 unspecified atom stereocenters. The Kier molecular flexibility index (Phi) is 7.00. The lowest BCUT2D eigenvalue weighted by Crippen LogP contribution is -2.41. The zero-order valence-corrected chi connectivity index (χ0v) is 20.1. The van der Waals surface area contributed by atoms with Gasteiger partial charge in [0.05, 0.1) is 29.8 Å². The molecule has 0 spiro atoms. The van der Waals surface area contributed by atoms with E-state index in [1.54, 1.807) is 13.0 Å². The molecular formula is C29H26FN3O3. The number of halogens is 1. The minimum absolute atomic E-state index is 0.0669. The minimum atomic E-state index is -1.15. The van der Waals surface area contributed by atoms with Crippen molar-refractivity contribution in [1.29, 1.82) is 5.26 Å². The average Bonchev–Trinajstić information content (AvgIpc) is 2.84. The van der Waals surface area contributed by atoms with Crippen molar-refractivity contribution in [1.82, 2.24) is 4.98 Å². The van der Waals surface area contributed by atoms with E-state index in [0.29, 0.717) is 34.3 Å². The van der Waals surface area contributed by atoms with E-state index >= 15 is 0 Å². The molecule has 0 radical (unpaired) electrons. The van der Waals surface area contributed by atoms with Gasteiger partial charge in [0.1, 0.15) is 17.6 Å². The van der Waals surface area contributed by atoms with Crippen molar-refractivity contribution in [3.8, 4) is 34.2 Å². The maximum atomic E-state index is 14.2. The smallest absolute Gasteiger partial charge is 0.305 e. The molecule has 0 fully saturated rings. The maximum absolute atomic E-state index is 14.2. The summed E-state index contributed by atoms with van der Waals surface area (Å²) >= 11 is 0. The highest BCUT2D eigenvalue weighted by molar-refractivity contribution is 5.89. The van der Waals surface area contributed by atoms with Gasteiger partial charge in [-0.2, -0.15) is 5.26 Å². The fourth-order valence-corrected chi connectivity index (χ4v) is 4.42. The monoisotopic (exact) mass is 483 g/mol. The van der Waals surface area contributed by atoms with E-state index in [4.69, 9.17) is 10.5 Å². The number of ether oxygens (including phenoxy) is 1. The van der Waals surface area contributed by atoms with Crippen LogP contribution >= 0.6 is 0 Å². The Morgan fingerprint density at radius 3 is 2.50 bits per heavy atom. The van der Waals surface area contributed by atoms with Gasteiger partial charge in [0.2, 0.25) is 0 Å². The van der Waals surface area contributed by atoms with Gasteiger partial charge in [0.15, 0.2) is 0 Å². The summed E-state index contributed by atoms with van der Waals surface area (Å²) in [6.07, 6.45) is -0.238. The Bertz CT molecular complexity index is 1470. The second kappa shape index (κ2) is 10.1. The van der Waals surface area contributed by atoms with Gasteiger partial charge in [0.25, 0.3) is 0 Å². The van der Waals surface area contributed by atoms with Gasteiger partial charge < -0.3 is 15.6 Å². The number of nitrogens with two attached hydrogens (primary N) is 1. The fourth-order valence-electron chi connectivity index (χ4n) is 4.42. The predicted molar refractivity (Wildman–Crippen MR) is 137 cm³/mol. The number of nitriles is 1. The van der Waals surface area contributed by atoms with E-state index in [0.717, 1.165) is 16.9 Å². The number of hydrogen-bond donors (Lipinski definition) is 2. The number of carboxylic acid groups (broad SMARTS) is 1. The first kappa shape index (κ1) is 24.8. The highest BCUT2D eigenvalue weighted by atomic mass is 19.1. The van der Waals surface area contributed by atoms with Gasteiger partial charge in [-0.15, -0.1) is 0 Å². The second-order valence-electron chi connectivity index (χ2n) is 9.00. The number of nitrogens with zero attached hydrogens (tertiary/aromatic N) is 2. The second-order valence-corrected chi connectivity index (χ2v) is 9.00. The summed E-state index contributed by atoms with van der Waals surface area (Å²) in [6, 6.07) is 21.8. The number of aliphatic carboxylic acids is 1. The molecule has 0 bridgehead atoms. The van der Waals surface area contributed by atoms with Gasteiger partial charge in [0, 0.05) is 22.1 Å². The lowest BCUT2D eigenvalue weighted by atomic mass is 9.85. The molecule has 1 heterocycles. The van der Waals surface area contributed by atoms with Crippen LogP contribution in [0.4, 0.5) is 4.39 Å². The van der Waals surface area contributed by atoms with Crippen molar-refractivity contribution in [3.05, 3.63) is 83.7 Å². The summed E-state index contributed by atoms with van der Waals surface area (Å²) in [7, 11) is 0. The molecule has 4 rings (SSSR count). The van der Waals surface area contributed by atoms with Crippen LogP contribution in [0.5, 0.6) is 5.75 Å². The Morgan fingerprint density at radius 2 is 1.83 bits per heavy atom. The van der Waals surface area contributed by atoms with Crippen LogP contribution < -0.4 is 10.5 Å². The number of carboxylic acids is 1. The first-order valence-corrected chi connectivity index (χ1v) is 11.6. The van der Waals surface area contributed by atoms with Crippen molar-refractivity contribution in [3.63, 3.8) is 0 Å². The normalized spacial score (nSPS) is 12.6. The Balaban J connectivity index is 1.86. The maximum Gasteiger partial charge on any atom is 0.305 e. The molecule has 36 heavy (non-hydrogen) atoms. The Labute approximate surface area is 208 Å². The summed E-state index contributed by atoms with van der Waals surface area (Å²) in [5.74, 6) is -0.748. The van der Waals surface area contributed by atoms with Crippen LogP contribution in [0.3, 0.4) is 0 Å². The molecular weight excluding hydrogens is 457 g/mol. The number of fused-ring (bicyclic) bond motifs is 1. The largest absolute Gasteiger partial charge is 0.493 e. The highest BCUT2D eigenvalue weighted by Gasteiger charge is 2.27. The van der Waals surface area contributed by atoms with E-state index in [9.17, 15) is 19.6 Å². The third-order valence-corrected chi connectivity index (χ3v) is 5.96. The number of carbonyl (C=O) groups is 1. The molecule has 1 atom stereocenters. The zero-order chi connectivity index (χ0) is 25.9. The van der Waals surface area contributed by atoms with Gasteiger partial charge in [-0.3, -0.25) is 4.79 Å². The summed E-state index contributed by atoms with van der Waals surface area (Å²) < 4.78 is 19.9. The lowest BCUT2D eigenvalue weighted by molar-refractivity contribution is -0.138. The molecule has 3 aromatic carbocycles. The topological polar surface area (TPSA) is 109 Å². The van der Waals surface area contributed by atoms with E-state index in [2.05, 4.69) is 11.1 Å². The molecule has 7 heteroatoms. The molecule has 0 saturated heterocycles. The predicted octanol–water partition coefficient (Wildman–Crippen LogP) is 5.71. The molecule has 6 nitrogen and oxygen atoms in total. The molecule has 3 N–H and O–H groups in total. The average molecular weight is 484 g/mol. The van der Waals surface area contributed by atoms with E-state index in [1.165, 1.54) is 12.1 Å². The number of benzene rings is 3. The molecule has 1 aromatic heterocycles. The molecule has 0 aliphatic carbocycles. The van der Waals surface area contributed by atoms with Gasteiger partial charge in [-0.05, 0) is 55.7 Å². The number of para-hydroxylation sites is 1. The van der Waals surface area contributed by atoms with Gasteiger partial charge in [-0.1, -0.05) is 42.5 Å². The highest BCUT2D eigenvalue weighted by Crippen LogP contribution is 2.35. The van der Waals surface area contributed by atoms with Crippen LogP contribution in [-0.2, 0) is 11.2 Å². The lowest BCUT2D eigenvalue weighted by Gasteiger charge is -2.24. The van der Waals surface area contributed by atoms with E-state index < -0.39 is 17.3 Å². The van der Waals surface area contributed by atoms with Gasteiger partial charge in [-0.25, -0.2) is 9.37 Å². The van der Waals surface area contributed by atoms with Crippen molar-refractivity contribution >= 4 is 16.9 Å². The zero-order valence-electron chi connectivity index (χ0n) is 20.1. The van der Waals surface area contributed by atoms with Crippen LogP contribution in [-0.4, -0.2) is 28.2 Å². The molecule has 0 aliphatic heterocycles. The molecule has 0 aliphatic rings. The summed E-state index contributed by atoms with van der Waals surface area (Å²) in [4.78, 5) is 16.0. The van der Waals surface area contributed by atoms with Crippen LogP contribution in [0.1, 0.15) is 31.4 Å². The number of aromatic nitrogens is 1. The fraction of sp³-hybridized carbons (Fsp3) is 0.207. The molecule has 4 aromatic rings. The third kappa shape index (κ3) is 5.19. The van der Waals surface area contributed by atoms with E-state index in [-0.39, 0.29) is 18.4 Å².